The number of nitrogens with one attached hydrogen (secondary N) is 1. The number of carbonyl (C=O) groups is 1. The number of aromatic hydroxyl groups is 1. The molecule has 1 aromatic heterocycles. The maximum Gasteiger partial charge on any atom is 0.345 e. The van der Waals surface area contributed by atoms with Crippen molar-refractivity contribution in [3.05, 3.63) is 22.1 Å². The van der Waals surface area contributed by atoms with E-state index in [1.54, 1.807) is 0 Å². The number of hydrogen-bond donors (Lipinski definition) is 3. The van der Waals surface area contributed by atoms with Crippen LogP contribution in [-0.4, -0.2) is 27.8 Å². The first-order chi connectivity index (χ1) is 8.51. The number of carboxylic acid groups (broad SMARTS) is 1. The molecule has 0 radical (unpaired) electrons. The lowest BCUT2D eigenvalue weighted by Gasteiger charge is -2.15. The second-order valence-corrected chi connectivity index (χ2v) is 4.01. The fourth-order valence-electron chi connectivity index (χ4n) is 1.57. The summed E-state index contributed by atoms with van der Waals surface area (Å²) in [5, 5.41) is 18.5. The second-order valence-electron chi connectivity index (χ2n) is 4.01. The summed E-state index contributed by atoms with van der Waals surface area (Å²) in [6, 6.07) is 0. The number of carboxylic acids is 1. The van der Waals surface area contributed by atoms with Crippen LogP contribution in [0.5, 0.6) is 11.5 Å². The van der Waals surface area contributed by atoms with Crippen molar-refractivity contribution in [2.75, 3.05) is 6.61 Å². The fourth-order valence-corrected chi connectivity index (χ4v) is 1.57. The lowest BCUT2D eigenvalue weighted by molar-refractivity contribution is 0.0687. The van der Waals surface area contributed by atoms with Gasteiger partial charge in [0.05, 0.1) is 6.61 Å². The average Bonchev–Trinajstić information content (AvgIpc) is 2.34. The summed E-state index contributed by atoms with van der Waals surface area (Å²) < 4.78 is 5.30. The molecular weight excluding hydrogens is 238 g/mol. The molecule has 0 fully saturated rings. The highest BCUT2D eigenvalue weighted by Gasteiger charge is 2.21. The van der Waals surface area contributed by atoms with Crippen LogP contribution in [0.15, 0.2) is 11.0 Å². The van der Waals surface area contributed by atoms with Gasteiger partial charge in [0, 0.05) is 6.20 Å². The first-order valence-corrected chi connectivity index (χ1v) is 5.81. The van der Waals surface area contributed by atoms with E-state index in [9.17, 15) is 14.7 Å². The number of ether oxygens (including phenoxy) is 1. The molecule has 6 nitrogen and oxygen atoms in total. The van der Waals surface area contributed by atoms with Crippen molar-refractivity contribution in [1.29, 1.82) is 0 Å². The Morgan fingerprint density at radius 1 is 1.44 bits per heavy atom. The van der Waals surface area contributed by atoms with Crippen LogP contribution in [0.2, 0.25) is 0 Å². The zero-order valence-corrected chi connectivity index (χ0v) is 10.4. The monoisotopic (exact) mass is 255 g/mol. The van der Waals surface area contributed by atoms with Crippen molar-refractivity contribution < 1.29 is 19.7 Å². The number of hydrogen-bond acceptors (Lipinski definition) is 4. The topological polar surface area (TPSA) is 99.6 Å². The van der Waals surface area contributed by atoms with E-state index in [1.807, 2.05) is 13.8 Å². The van der Waals surface area contributed by atoms with E-state index >= 15 is 0 Å². The number of aromatic nitrogens is 1. The van der Waals surface area contributed by atoms with E-state index in [-0.39, 0.29) is 24.0 Å². The minimum Gasteiger partial charge on any atom is -0.503 e. The Labute approximate surface area is 104 Å². The molecule has 1 heterocycles. The molecule has 6 heteroatoms. The van der Waals surface area contributed by atoms with E-state index in [4.69, 9.17) is 9.84 Å². The van der Waals surface area contributed by atoms with Gasteiger partial charge in [-0.05, 0) is 5.92 Å². The number of H-pyrrole nitrogens is 1. The van der Waals surface area contributed by atoms with Gasteiger partial charge >= 0.3 is 5.97 Å². The number of rotatable bonds is 6. The van der Waals surface area contributed by atoms with Crippen LogP contribution >= 0.6 is 0 Å². The Kier molecular flexibility index (Phi) is 4.76. The highest BCUT2D eigenvalue weighted by atomic mass is 16.5. The highest BCUT2D eigenvalue weighted by Crippen LogP contribution is 2.27. The van der Waals surface area contributed by atoms with Gasteiger partial charge < -0.3 is 19.9 Å². The molecule has 0 amide bonds. The van der Waals surface area contributed by atoms with Gasteiger partial charge in [0.2, 0.25) is 0 Å². The van der Waals surface area contributed by atoms with Gasteiger partial charge in [-0.15, -0.1) is 0 Å². The Morgan fingerprint density at radius 2 is 2.06 bits per heavy atom. The summed E-state index contributed by atoms with van der Waals surface area (Å²) in [4.78, 5) is 24.5. The van der Waals surface area contributed by atoms with Gasteiger partial charge in [-0.1, -0.05) is 26.7 Å². The average molecular weight is 255 g/mol. The summed E-state index contributed by atoms with van der Waals surface area (Å²) in [5.41, 5.74) is -1.36. The zero-order valence-electron chi connectivity index (χ0n) is 10.4. The third-order valence-corrected chi connectivity index (χ3v) is 2.86. The lowest BCUT2D eigenvalue weighted by atomic mass is 10.1. The Hall–Kier alpha value is -1.98. The molecule has 0 bridgehead atoms. The van der Waals surface area contributed by atoms with Crippen LogP contribution in [0.4, 0.5) is 0 Å². The summed E-state index contributed by atoms with van der Waals surface area (Å²) in [6.45, 7) is 4.25. The van der Waals surface area contributed by atoms with Crippen molar-refractivity contribution in [2.24, 2.45) is 5.92 Å². The molecule has 0 aliphatic carbocycles. The molecule has 3 N–H and O–H groups in total. The molecule has 1 aromatic rings. The van der Waals surface area contributed by atoms with Crippen LogP contribution < -0.4 is 10.3 Å². The van der Waals surface area contributed by atoms with Gasteiger partial charge in [-0.3, -0.25) is 4.79 Å². The zero-order chi connectivity index (χ0) is 13.7. The first kappa shape index (κ1) is 14.1. The van der Waals surface area contributed by atoms with Crippen molar-refractivity contribution in [3.63, 3.8) is 0 Å². The van der Waals surface area contributed by atoms with E-state index in [2.05, 4.69) is 4.98 Å². The van der Waals surface area contributed by atoms with Crippen molar-refractivity contribution >= 4 is 5.97 Å². The minimum absolute atomic E-state index is 0.255. The standard InChI is InChI=1S/C12H17NO5/c1-3-7(4-2)6-18-10-8(14)5-13-11(15)9(10)12(16)17/h5,7,14H,3-4,6H2,1-2H3,(H,13,15)(H,16,17). The smallest absolute Gasteiger partial charge is 0.345 e. The summed E-state index contributed by atoms with van der Waals surface area (Å²) >= 11 is 0. The van der Waals surface area contributed by atoms with Crippen LogP contribution in [-0.2, 0) is 0 Å². The second kappa shape index (κ2) is 6.09. The van der Waals surface area contributed by atoms with Gasteiger partial charge in [-0.2, -0.15) is 0 Å². The maximum absolute atomic E-state index is 11.4. The predicted octanol–water partition coefficient (Wildman–Crippen LogP) is 1.59. The highest BCUT2D eigenvalue weighted by molar-refractivity contribution is 5.91. The molecule has 0 saturated heterocycles. The van der Waals surface area contributed by atoms with Crippen LogP contribution in [0, 0.1) is 5.92 Å². The number of pyridine rings is 1. The number of aromatic amines is 1. The lowest BCUT2D eigenvalue weighted by Crippen LogP contribution is -2.20. The molecular formula is C12H17NO5. The van der Waals surface area contributed by atoms with Crippen molar-refractivity contribution in [3.8, 4) is 11.5 Å². The SMILES string of the molecule is CCC(CC)COc1c(O)c[nH]c(=O)c1C(=O)O. The molecule has 0 aromatic carbocycles. The van der Waals surface area contributed by atoms with E-state index in [0.717, 1.165) is 19.0 Å². The minimum atomic E-state index is -1.42. The number of aromatic carboxylic acids is 1. The molecule has 1 rings (SSSR count). The van der Waals surface area contributed by atoms with E-state index in [0.29, 0.717) is 0 Å². The van der Waals surface area contributed by atoms with Crippen LogP contribution in [0.25, 0.3) is 0 Å². The van der Waals surface area contributed by atoms with Crippen molar-refractivity contribution in [1.82, 2.24) is 4.98 Å². The van der Waals surface area contributed by atoms with Crippen molar-refractivity contribution in [2.45, 2.75) is 26.7 Å². The third kappa shape index (κ3) is 3.03. The Bertz CT molecular complexity index is 476. The predicted molar refractivity (Wildman–Crippen MR) is 65.3 cm³/mol. The molecule has 0 aliphatic rings. The summed E-state index contributed by atoms with van der Waals surface area (Å²) in [5.74, 6) is -1.81. The largest absolute Gasteiger partial charge is 0.503 e. The molecule has 0 spiro atoms. The van der Waals surface area contributed by atoms with E-state index in [1.165, 1.54) is 0 Å². The van der Waals surface area contributed by atoms with Gasteiger partial charge in [0.15, 0.2) is 17.1 Å². The maximum atomic E-state index is 11.4. The Morgan fingerprint density at radius 3 is 2.56 bits per heavy atom. The van der Waals surface area contributed by atoms with Crippen LogP contribution in [0.3, 0.4) is 0 Å². The van der Waals surface area contributed by atoms with E-state index < -0.39 is 17.1 Å². The van der Waals surface area contributed by atoms with Crippen LogP contribution in [0.1, 0.15) is 37.0 Å². The summed E-state index contributed by atoms with van der Waals surface area (Å²) in [7, 11) is 0. The third-order valence-electron chi connectivity index (χ3n) is 2.86. The molecule has 0 unspecified atom stereocenters. The first-order valence-electron chi connectivity index (χ1n) is 5.81. The molecule has 100 valence electrons. The van der Waals surface area contributed by atoms with Gasteiger partial charge in [-0.25, -0.2) is 4.79 Å². The normalized spacial score (nSPS) is 10.6. The quantitative estimate of drug-likeness (QED) is 0.716. The molecule has 18 heavy (non-hydrogen) atoms. The molecule has 0 atom stereocenters. The fraction of sp³-hybridized carbons (Fsp3) is 0.500. The summed E-state index contributed by atoms with van der Waals surface area (Å²) in [6.07, 6.45) is 2.78. The molecule has 0 aliphatic heterocycles. The van der Waals surface area contributed by atoms with Gasteiger partial charge in [0.25, 0.3) is 5.56 Å². The molecule has 0 saturated carbocycles. The van der Waals surface area contributed by atoms with Gasteiger partial charge in [0.1, 0.15) is 0 Å². The Balaban J connectivity index is 3.04.